The van der Waals surface area contributed by atoms with E-state index < -0.39 is 0 Å². The highest BCUT2D eigenvalue weighted by Gasteiger charge is 2.23. The Hall–Kier alpha value is -1.85. The van der Waals surface area contributed by atoms with Gasteiger partial charge in [-0.25, -0.2) is 0 Å². The summed E-state index contributed by atoms with van der Waals surface area (Å²) in [5.41, 5.74) is 3.81. The predicted molar refractivity (Wildman–Crippen MR) is 104 cm³/mol. The second kappa shape index (κ2) is 8.02. The van der Waals surface area contributed by atoms with Crippen LogP contribution >= 0.6 is 0 Å². The first-order valence-electron chi connectivity index (χ1n) is 9.27. The van der Waals surface area contributed by atoms with Gasteiger partial charge in [0.15, 0.2) is 0 Å². The molecule has 1 saturated heterocycles. The standard InChI is InChI=1S/C20H31N5/c1-16-18(20(23(2)3)24(4)22-16)14-21-15-19(25-12-8-9-13-25)17-10-6-5-7-11-17/h5-7,10-11,19,21H,8-9,12-15H2,1-4H3. The molecule has 1 N–H and O–H groups in total. The van der Waals surface area contributed by atoms with Gasteiger partial charge in [-0.2, -0.15) is 5.10 Å². The Balaban J connectivity index is 1.70. The molecule has 1 aliphatic heterocycles. The minimum atomic E-state index is 0.448. The zero-order valence-electron chi connectivity index (χ0n) is 16.0. The number of hydrogen-bond acceptors (Lipinski definition) is 4. The molecule has 25 heavy (non-hydrogen) atoms. The van der Waals surface area contributed by atoms with Gasteiger partial charge in [-0.1, -0.05) is 30.3 Å². The first-order valence-corrected chi connectivity index (χ1v) is 9.27. The molecule has 0 saturated carbocycles. The number of benzene rings is 1. The van der Waals surface area contributed by atoms with E-state index in [0.717, 1.165) is 18.8 Å². The van der Waals surface area contributed by atoms with Crippen molar-refractivity contribution in [2.75, 3.05) is 38.6 Å². The van der Waals surface area contributed by atoms with Gasteiger partial charge in [0.05, 0.1) is 5.69 Å². The number of nitrogens with zero attached hydrogens (tertiary/aromatic N) is 4. The zero-order chi connectivity index (χ0) is 17.8. The lowest BCUT2D eigenvalue weighted by atomic mass is 10.1. The molecule has 2 heterocycles. The molecule has 0 bridgehead atoms. The van der Waals surface area contributed by atoms with Crippen LogP contribution in [0.25, 0.3) is 0 Å². The lowest BCUT2D eigenvalue weighted by Gasteiger charge is -2.28. The number of rotatable bonds is 7. The van der Waals surface area contributed by atoms with E-state index in [1.54, 1.807) is 0 Å². The van der Waals surface area contributed by atoms with Crippen LogP contribution < -0.4 is 10.2 Å². The fourth-order valence-electron chi connectivity index (χ4n) is 3.98. The van der Waals surface area contributed by atoms with Gasteiger partial charge in [-0.3, -0.25) is 9.58 Å². The number of hydrogen-bond donors (Lipinski definition) is 1. The van der Waals surface area contributed by atoms with Crippen LogP contribution in [0, 0.1) is 6.92 Å². The van der Waals surface area contributed by atoms with Crippen molar-refractivity contribution in [2.45, 2.75) is 32.4 Å². The normalized spacial score (nSPS) is 16.3. The topological polar surface area (TPSA) is 36.3 Å². The monoisotopic (exact) mass is 341 g/mol. The maximum absolute atomic E-state index is 4.59. The van der Waals surface area contributed by atoms with E-state index in [9.17, 15) is 0 Å². The molecule has 1 unspecified atom stereocenters. The first-order chi connectivity index (χ1) is 12.1. The molecule has 136 valence electrons. The van der Waals surface area contributed by atoms with Crippen molar-refractivity contribution in [3.05, 3.63) is 47.2 Å². The van der Waals surface area contributed by atoms with Crippen LogP contribution in [0.15, 0.2) is 30.3 Å². The SMILES string of the molecule is Cc1nn(C)c(N(C)C)c1CNCC(c1ccccc1)N1CCCC1. The van der Waals surface area contributed by atoms with Crippen molar-refractivity contribution >= 4 is 5.82 Å². The summed E-state index contributed by atoms with van der Waals surface area (Å²) in [6, 6.07) is 11.3. The van der Waals surface area contributed by atoms with Crippen LogP contribution in [0.1, 0.15) is 35.7 Å². The molecule has 1 fully saturated rings. The maximum atomic E-state index is 4.59. The van der Waals surface area contributed by atoms with Gasteiger partial charge >= 0.3 is 0 Å². The summed E-state index contributed by atoms with van der Waals surface area (Å²) in [5, 5.41) is 8.30. The van der Waals surface area contributed by atoms with E-state index in [1.807, 2.05) is 11.7 Å². The third-order valence-electron chi connectivity index (χ3n) is 5.14. The second-order valence-electron chi connectivity index (χ2n) is 7.21. The molecule has 1 aliphatic rings. The third kappa shape index (κ3) is 4.05. The van der Waals surface area contributed by atoms with E-state index in [4.69, 9.17) is 0 Å². The molecule has 5 heteroatoms. The van der Waals surface area contributed by atoms with Crippen LogP contribution in [0.5, 0.6) is 0 Å². The Labute approximate surface area is 151 Å². The van der Waals surface area contributed by atoms with Crippen molar-refractivity contribution < 1.29 is 0 Å². The van der Waals surface area contributed by atoms with Crippen LogP contribution in [-0.2, 0) is 13.6 Å². The average molecular weight is 342 g/mol. The van der Waals surface area contributed by atoms with Crippen molar-refractivity contribution in [3.63, 3.8) is 0 Å². The molecule has 1 aromatic carbocycles. The first kappa shape index (κ1) is 18.0. The largest absolute Gasteiger partial charge is 0.363 e. The Bertz CT molecular complexity index is 671. The van der Waals surface area contributed by atoms with Crippen LogP contribution in [0.3, 0.4) is 0 Å². The van der Waals surface area contributed by atoms with Gasteiger partial charge in [0.2, 0.25) is 0 Å². The third-order valence-corrected chi connectivity index (χ3v) is 5.14. The summed E-state index contributed by atoms with van der Waals surface area (Å²) in [6.45, 7) is 6.32. The molecule has 0 aliphatic carbocycles. The fraction of sp³-hybridized carbons (Fsp3) is 0.550. The lowest BCUT2D eigenvalue weighted by molar-refractivity contribution is 0.238. The molecule has 1 aromatic heterocycles. The molecule has 0 spiro atoms. The number of likely N-dealkylation sites (tertiary alicyclic amines) is 1. The summed E-state index contributed by atoms with van der Waals surface area (Å²) >= 11 is 0. The Morgan fingerprint density at radius 2 is 1.84 bits per heavy atom. The molecule has 2 aromatic rings. The number of nitrogens with one attached hydrogen (secondary N) is 1. The predicted octanol–water partition coefficient (Wildman–Crippen LogP) is 2.72. The van der Waals surface area contributed by atoms with Crippen molar-refractivity contribution in [2.24, 2.45) is 7.05 Å². The summed E-state index contributed by atoms with van der Waals surface area (Å²) in [4.78, 5) is 4.76. The molecular formula is C20H31N5. The van der Waals surface area contributed by atoms with E-state index in [1.165, 1.54) is 42.9 Å². The van der Waals surface area contributed by atoms with Crippen molar-refractivity contribution in [3.8, 4) is 0 Å². The number of anilines is 1. The highest BCUT2D eigenvalue weighted by Crippen LogP contribution is 2.25. The molecule has 0 amide bonds. The molecule has 3 rings (SSSR count). The van der Waals surface area contributed by atoms with Crippen LogP contribution in [0.4, 0.5) is 5.82 Å². The molecular weight excluding hydrogens is 310 g/mol. The number of aromatic nitrogens is 2. The van der Waals surface area contributed by atoms with Gasteiger partial charge in [0, 0.05) is 45.8 Å². The second-order valence-corrected chi connectivity index (χ2v) is 7.21. The maximum Gasteiger partial charge on any atom is 0.130 e. The fourth-order valence-corrected chi connectivity index (χ4v) is 3.98. The Morgan fingerprint density at radius 3 is 2.48 bits per heavy atom. The highest BCUT2D eigenvalue weighted by atomic mass is 15.4. The lowest BCUT2D eigenvalue weighted by Crippen LogP contribution is -2.34. The molecule has 0 radical (unpaired) electrons. The quantitative estimate of drug-likeness (QED) is 0.840. The van der Waals surface area contributed by atoms with E-state index >= 15 is 0 Å². The summed E-state index contributed by atoms with van der Waals surface area (Å²) in [7, 11) is 6.18. The average Bonchev–Trinajstić information content (AvgIpc) is 3.20. The van der Waals surface area contributed by atoms with E-state index in [2.05, 4.69) is 71.6 Å². The van der Waals surface area contributed by atoms with E-state index in [-0.39, 0.29) is 0 Å². The van der Waals surface area contributed by atoms with Gasteiger partial charge in [-0.15, -0.1) is 0 Å². The summed E-state index contributed by atoms with van der Waals surface area (Å²) < 4.78 is 1.97. The Kier molecular flexibility index (Phi) is 5.76. The number of aryl methyl sites for hydroxylation is 2. The highest BCUT2D eigenvalue weighted by molar-refractivity contribution is 5.48. The van der Waals surface area contributed by atoms with Crippen molar-refractivity contribution in [1.29, 1.82) is 0 Å². The van der Waals surface area contributed by atoms with Crippen LogP contribution in [-0.4, -0.2) is 48.4 Å². The van der Waals surface area contributed by atoms with Gasteiger partial charge in [0.25, 0.3) is 0 Å². The summed E-state index contributed by atoms with van der Waals surface area (Å²) in [6.07, 6.45) is 2.63. The zero-order valence-corrected chi connectivity index (χ0v) is 16.0. The molecule has 5 nitrogen and oxygen atoms in total. The minimum absolute atomic E-state index is 0.448. The van der Waals surface area contributed by atoms with Crippen LogP contribution in [0.2, 0.25) is 0 Å². The van der Waals surface area contributed by atoms with E-state index in [0.29, 0.717) is 6.04 Å². The molecule has 1 atom stereocenters. The van der Waals surface area contributed by atoms with Gasteiger partial charge < -0.3 is 10.2 Å². The Morgan fingerprint density at radius 1 is 1.16 bits per heavy atom. The minimum Gasteiger partial charge on any atom is -0.363 e. The van der Waals surface area contributed by atoms with Crippen molar-refractivity contribution in [1.82, 2.24) is 20.0 Å². The summed E-state index contributed by atoms with van der Waals surface area (Å²) in [5.74, 6) is 1.18. The van der Waals surface area contributed by atoms with Gasteiger partial charge in [-0.05, 0) is 38.4 Å². The van der Waals surface area contributed by atoms with Gasteiger partial charge in [0.1, 0.15) is 5.82 Å². The smallest absolute Gasteiger partial charge is 0.130 e.